The first-order valence-electron chi connectivity index (χ1n) is 6.12. The number of rotatable bonds is 4. The summed E-state index contributed by atoms with van der Waals surface area (Å²) in [6.07, 6.45) is 0.937. The molecule has 4 nitrogen and oxygen atoms in total. The van der Waals surface area contributed by atoms with Gasteiger partial charge in [0.25, 0.3) is 0 Å². The first kappa shape index (κ1) is 13.1. The van der Waals surface area contributed by atoms with E-state index in [1.165, 1.54) is 18.2 Å². The van der Waals surface area contributed by atoms with Gasteiger partial charge in [0.2, 0.25) is 5.91 Å². The molecule has 1 heterocycles. The third kappa shape index (κ3) is 3.09. The van der Waals surface area contributed by atoms with Gasteiger partial charge in [0.15, 0.2) is 0 Å². The largest absolute Gasteiger partial charge is 0.375 e. The number of benzene rings is 1. The van der Waals surface area contributed by atoms with Crippen molar-refractivity contribution in [1.29, 1.82) is 0 Å². The average molecular weight is 249 g/mol. The van der Waals surface area contributed by atoms with Crippen LogP contribution in [-0.2, 0) is 27.3 Å². The van der Waals surface area contributed by atoms with Gasteiger partial charge < -0.3 is 14.4 Å². The van der Waals surface area contributed by atoms with Gasteiger partial charge in [0, 0.05) is 27.1 Å². The van der Waals surface area contributed by atoms with Crippen LogP contribution in [0.4, 0.5) is 0 Å². The molecule has 1 aliphatic heterocycles. The van der Waals surface area contributed by atoms with Crippen LogP contribution in [0.3, 0.4) is 0 Å². The molecule has 0 aliphatic carbocycles. The van der Waals surface area contributed by atoms with Crippen LogP contribution in [0.5, 0.6) is 0 Å². The van der Waals surface area contributed by atoms with Crippen molar-refractivity contribution in [2.75, 3.05) is 27.3 Å². The Balaban J connectivity index is 1.91. The number of nitrogens with zero attached hydrogens (tertiary/aromatic N) is 1. The predicted molar refractivity (Wildman–Crippen MR) is 68.2 cm³/mol. The molecule has 1 aliphatic rings. The second kappa shape index (κ2) is 5.98. The highest BCUT2D eigenvalue weighted by Gasteiger charge is 2.21. The van der Waals surface area contributed by atoms with E-state index < -0.39 is 0 Å². The van der Waals surface area contributed by atoms with Gasteiger partial charge in [-0.2, -0.15) is 0 Å². The monoisotopic (exact) mass is 249 g/mol. The first-order valence-corrected chi connectivity index (χ1v) is 6.12. The normalized spacial score (nSPS) is 18.2. The summed E-state index contributed by atoms with van der Waals surface area (Å²) in [5.74, 6) is -0.0139. The van der Waals surface area contributed by atoms with Gasteiger partial charge in [-0.1, -0.05) is 24.3 Å². The molecule has 18 heavy (non-hydrogen) atoms. The standard InChI is InChI=1S/C14H19NO3/c1-15(14(16)10-17-2)8-13-7-11-5-3-4-6-12(11)9-18-13/h3-6,13H,7-10H2,1-2H3. The Morgan fingerprint density at radius 1 is 1.44 bits per heavy atom. The van der Waals surface area contributed by atoms with Gasteiger partial charge in [-0.05, 0) is 11.1 Å². The van der Waals surface area contributed by atoms with Gasteiger partial charge in [-0.15, -0.1) is 0 Å². The average Bonchev–Trinajstić information content (AvgIpc) is 2.39. The van der Waals surface area contributed by atoms with E-state index in [0.717, 1.165) is 6.42 Å². The Morgan fingerprint density at radius 3 is 2.89 bits per heavy atom. The summed E-state index contributed by atoms with van der Waals surface area (Å²) in [6, 6.07) is 8.28. The topological polar surface area (TPSA) is 38.8 Å². The molecular weight excluding hydrogens is 230 g/mol. The van der Waals surface area contributed by atoms with Crippen molar-refractivity contribution in [3.05, 3.63) is 35.4 Å². The van der Waals surface area contributed by atoms with E-state index >= 15 is 0 Å². The lowest BCUT2D eigenvalue weighted by Crippen LogP contribution is -2.39. The van der Waals surface area contributed by atoms with Crippen molar-refractivity contribution in [3.63, 3.8) is 0 Å². The summed E-state index contributed by atoms with van der Waals surface area (Å²) in [5, 5.41) is 0. The summed E-state index contributed by atoms with van der Waals surface area (Å²) in [7, 11) is 3.31. The molecule has 0 bridgehead atoms. The number of likely N-dealkylation sites (N-methyl/N-ethyl adjacent to an activating group) is 1. The first-order chi connectivity index (χ1) is 8.70. The fraction of sp³-hybridized carbons (Fsp3) is 0.500. The van der Waals surface area contributed by atoms with E-state index in [1.807, 2.05) is 12.1 Å². The fourth-order valence-corrected chi connectivity index (χ4v) is 2.17. The van der Waals surface area contributed by atoms with E-state index in [9.17, 15) is 4.79 Å². The van der Waals surface area contributed by atoms with Crippen LogP contribution in [0.15, 0.2) is 24.3 Å². The molecule has 0 saturated heterocycles. The van der Waals surface area contributed by atoms with Crippen molar-refractivity contribution in [2.45, 2.75) is 19.1 Å². The minimum Gasteiger partial charge on any atom is -0.375 e. The van der Waals surface area contributed by atoms with Crippen LogP contribution in [-0.4, -0.2) is 44.2 Å². The maximum atomic E-state index is 11.6. The minimum atomic E-state index is -0.0139. The maximum Gasteiger partial charge on any atom is 0.248 e. The Bertz CT molecular complexity index is 419. The number of hydrogen-bond acceptors (Lipinski definition) is 3. The highest BCUT2D eigenvalue weighted by atomic mass is 16.5. The molecule has 0 spiro atoms. The Morgan fingerprint density at radius 2 is 2.17 bits per heavy atom. The Kier molecular flexibility index (Phi) is 4.33. The molecule has 0 fully saturated rings. The molecule has 1 unspecified atom stereocenters. The Hall–Kier alpha value is -1.39. The third-order valence-corrected chi connectivity index (χ3v) is 3.21. The molecule has 0 saturated carbocycles. The third-order valence-electron chi connectivity index (χ3n) is 3.21. The lowest BCUT2D eigenvalue weighted by molar-refractivity contribution is -0.136. The van der Waals surface area contributed by atoms with Crippen LogP contribution in [0.25, 0.3) is 0 Å². The van der Waals surface area contributed by atoms with E-state index in [-0.39, 0.29) is 18.6 Å². The molecule has 1 atom stereocenters. The van der Waals surface area contributed by atoms with E-state index in [2.05, 4.69) is 12.1 Å². The van der Waals surface area contributed by atoms with Crippen molar-refractivity contribution in [2.24, 2.45) is 0 Å². The lowest BCUT2D eigenvalue weighted by Gasteiger charge is -2.29. The van der Waals surface area contributed by atoms with Gasteiger partial charge >= 0.3 is 0 Å². The number of methoxy groups -OCH3 is 1. The summed E-state index contributed by atoms with van der Waals surface area (Å²) < 4.78 is 10.6. The van der Waals surface area contributed by atoms with Crippen molar-refractivity contribution in [1.82, 2.24) is 4.90 Å². The van der Waals surface area contributed by atoms with Crippen molar-refractivity contribution in [3.8, 4) is 0 Å². The smallest absolute Gasteiger partial charge is 0.248 e. The van der Waals surface area contributed by atoms with Gasteiger partial charge in [-0.25, -0.2) is 0 Å². The van der Waals surface area contributed by atoms with Crippen molar-refractivity contribution >= 4 is 5.91 Å². The zero-order valence-corrected chi connectivity index (χ0v) is 10.9. The van der Waals surface area contributed by atoms with Gasteiger partial charge in [-0.3, -0.25) is 4.79 Å². The highest BCUT2D eigenvalue weighted by molar-refractivity contribution is 5.77. The molecule has 0 aromatic heterocycles. The lowest BCUT2D eigenvalue weighted by atomic mass is 9.99. The van der Waals surface area contributed by atoms with Gasteiger partial charge in [0.1, 0.15) is 6.61 Å². The Labute approximate surface area is 107 Å². The molecule has 98 valence electrons. The molecule has 1 aromatic carbocycles. The highest BCUT2D eigenvalue weighted by Crippen LogP contribution is 2.20. The number of fused-ring (bicyclic) bond motifs is 1. The summed E-state index contributed by atoms with van der Waals surface area (Å²) >= 11 is 0. The predicted octanol–water partition coefficient (Wildman–Crippen LogP) is 1.23. The number of amides is 1. The summed E-state index contributed by atoms with van der Waals surface area (Å²) in [5.41, 5.74) is 2.57. The molecule has 2 rings (SSSR count). The second-order valence-electron chi connectivity index (χ2n) is 4.61. The second-order valence-corrected chi connectivity index (χ2v) is 4.61. The number of ether oxygens (including phenoxy) is 2. The zero-order chi connectivity index (χ0) is 13.0. The van der Waals surface area contributed by atoms with Crippen molar-refractivity contribution < 1.29 is 14.3 Å². The number of hydrogen-bond donors (Lipinski definition) is 0. The molecule has 1 amide bonds. The zero-order valence-electron chi connectivity index (χ0n) is 10.9. The van der Waals surface area contributed by atoms with Crippen LogP contribution < -0.4 is 0 Å². The number of carbonyl (C=O) groups is 1. The summed E-state index contributed by atoms with van der Waals surface area (Å²) in [6.45, 7) is 1.36. The molecule has 4 heteroatoms. The van der Waals surface area contributed by atoms with Crippen LogP contribution >= 0.6 is 0 Å². The van der Waals surface area contributed by atoms with Crippen LogP contribution in [0.1, 0.15) is 11.1 Å². The molecular formula is C14H19NO3. The van der Waals surface area contributed by atoms with Crippen LogP contribution in [0, 0.1) is 0 Å². The molecule has 0 radical (unpaired) electrons. The minimum absolute atomic E-state index is 0.0139. The van der Waals surface area contributed by atoms with E-state index in [0.29, 0.717) is 13.2 Å². The SMILES string of the molecule is COCC(=O)N(C)CC1Cc2ccccc2CO1. The molecule has 1 aromatic rings. The summed E-state index contributed by atoms with van der Waals surface area (Å²) in [4.78, 5) is 13.3. The molecule has 0 N–H and O–H groups in total. The van der Waals surface area contributed by atoms with E-state index in [4.69, 9.17) is 9.47 Å². The van der Waals surface area contributed by atoms with E-state index in [1.54, 1.807) is 11.9 Å². The van der Waals surface area contributed by atoms with Crippen LogP contribution in [0.2, 0.25) is 0 Å². The quantitative estimate of drug-likeness (QED) is 0.805. The number of carbonyl (C=O) groups excluding carboxylic acids is 1. The fourth-order valence-electron chi connectivity index (χ4n) is 2.17. The van der Waals surface area contributed by atoms with Gasteiger partial charge in [0.05, 0.1) is 12.7 Å². The maximum absolute atomic E-state index is 11.6.